The maximum atomic E-state index is 13.5. The number of carbonyl (C=O) groups excluding carboxylic acids is 2. The molecule has 0 spiro atoms. The van der Waals surface area contributed by atoms with E-state index in [0.717, 1.165) is 20.7 Å². The van der Waals surface area contributed by atoms with Gasteiger partial charge >= 0.3 is 10.2 Å². The molecule has 1 atom stereocenters. The van der Waals surface area contributed by atoms with E-state index in [9.17, 15) is 22.4 Å². The fourth-order valence-corrected chi connectivity index (χ4v) is 4.62. The summed E-state index contributed by atoms with van der Waals surface area (Å²) in [7, 11) is -0.0216. The molecule has 0 fully saturated rings. The fraction of sp³-hybridized carbons (Fsp3) is 0.364. The van der Waals surface area contributed by atoms with Gasteiger partial charge in [-0.1, -0.05) is 36.2 Å². The number of carbonyl (C=O) groups is 2. The molecule has 0 bridgehead atoms. The van der Waals surface area contributed by atoms with Crippen LogP contribution in [0.2, 0.25) is 10.0 Å². The molecule has 0 saturated heterocycles. The molecule has 0 unspecified atom stereocenters. The highest BCUT2D eigenvalue weighted by Crippen LogP contribution is 2.25. The summed E-state index contributed by atoms with van der Waals surface area (Å²) in [6.07, 6.45) is 0.281. The van der Waals surface area contributed by atoms with Crippen LogP contribution in [0.25, 0.3) is 0 Å². The number of likely N-dealkylation sites (N-methyl/N-ethyl adjacent to an activating group) is 1. The second-order valence-corrected chi connectivity index (χ2v) is 10.5. The molecule has 0 radical (unpaired) electrons. The lowest BCUT2D eigenvalue weighted by molar-refractivity contribution is -0.140. The van der Waals surface area contributed by atoms with Crippen LogP contribution in [0.15, 0.2) is 42.5 Å². The summed E-state index contributed by atoms with van der Waals surface area (Å²) in [5.74, 6) is -1.58. The smallest absolute Gasteiger partial charge is 0.304 e. The van der Waals surface area contributed by atoms with Gasteiger partial charge in [0.2, 0.25) is 11.8 Å². The Kier molecular flexibility index (Phi) is 9.69. The molecule has 186 valence electrons. The summed E-state index contributed by atoms with van der Waals surface area (Å²) in [5, 5.41) is 3.15. The number of amides is 2. The maximum absolute atomic E-state index is 13.5. The standard InChI is InChI=1S/C22H27Cl2FN4O4S/c1-5-20(22(31)26-2)28(13-15-6-11-18(23)19(24)12-15)21(30)14-29(34(32,33)27(3)4)17-9-7-16(25)8-10-17/h6-12,20H,5,13-14H2,1-4H3,(H,26,31)/t20-/m1/s1. The molecular weight excluding hydrogens is 506 g/mol. The molecule has 34 heavy (non-hydrogen) atoms. The third kappa shape index (κ3) is 6.59. The number of nitrogens with zero attached hydrogens (tertiary/aromatic N) is 3. The normalized spacial score (nSPS) is 12.4. The van der Waals surface area contributed by atoms with Crippen LogP contribution in [-0.4, -0.2) is 63.2 Å². The number of nitrogens with one attached hydrogen (secondary N) is 1. The van der Waals surface area contributed by atoms with Gasteiger partial charge in [-0.05, 0) is 48.4 Å². The third-order valence-electron chi connectivity index (χ3n) is 5.10. The Bertz CT molecular complexity index is 1130. The van der Waals surface area contributed by atoms with E-state index in [2.05, 4.69) is 5.32 Å². The summed E-state index contributed by atoms with van der Waals surface area (Å²) in [6.45, 7) is 1.12. The maximum Gasteiger partial charge on any atom is 0.304 e. The molecule has 0 aromatic heterocycles. The van der Waals surface area contributed by atoms with E-state index in [1.54, 1.807) is 25.1 Å². The Morgan fingerprint density at radius 1 is 1.06 bits per heavy atom. The predicted octanol–water partition coefficient (Wildman–Crippen LogP) is 3.30. The number of rotatable bonds is 10. The van der Waals surface area contributed by atoms with Crippen molar-refractivity contribution in [2.75, 3.05) is 32.0 Å². The van der Waals surface area contributed by atoms with Crippen molar-refractivity contribution in [3.63, 3.8) is 0 Å². The third-order valence-corrected chi connectivity index (χ3v) is 7.66. The monoisotopic (exact) mass is 532 g/mol. The number of hydrogen-bond donors (Lipinski definition) is 1. The molecule has 12 heteroatoms. The van der Waals surface area contributed by atoms with Gasteiger partial charge in [-0.2, -0.15) is 12.7 Å². The highest BCUT2D eigenvalue weighted by Gasteiger charge is 2.33. The van der Waals surface area contributed by atoms with Gasteiger partial charge in [0.1, 0.15) is 18.4 Å². The summed E-state index contributed by atoms with van der Waals surface area (Å²) in [4.78, 5) is 27.4. The molecule has 2 amide bonds. The molecule has 0 aliphatic rings. The van der Waals surface area contributed by atoms with Gasteiger partial charge in [-0.15, -0.1) is 0 Å². The van der Waals surface area contributed by atoms with Crippen LogP contribution in [0.5, 0.6) is 0 Å². The van der Waals surface area contributed by atoms with Crippen molar-refractivity contribution in [3.8, 4) is 0 Å². The van der Waals surface area contributed by atoms with Crippen LogP contribution in [0, 0.1) is 5.82 Å². The Morgan fingerprint density at radius 3 is 2.18 bits per heavy atom. The van der Waals surface area contributed by atoms with Gasteiger partial charge in [0.05, 0.1) is 15.7 Å². The van der Waals surface area contributed by atoms with Crippen LogP contribution in [0.3, 0.4) is 0 Å². The molecule has 8 nitrogen and oxygen atoms in total. The fourth-order valence-electron chi connectivity index (χ4n) is 3.25. The Labute approximate surface area is 209 Å². The zero-order chi connectivity index (χ0) is 25.6. The van der Waals surface area contributed by atoms with Gasteiger partial charge in [0.25, 0.3) is 0 Å². The SMILES string of the molecule is CC[C@H](C(=O)NC)N(Cc1ccc(Cl)c(Cl)c1)C(=O)CN(c1ccc(F)cc1)S(=O)(=O)N(C)C. The van der Waals surface area contributed by atoms with Crippen LogP contribution in [0.4, 0.5) is 10.1 Å². The van der Waals surface area contributed by atoms with Crippen molar-refractivity contribution in [1.29, 1.82) is 0 Å². The topological polar surface area (TPSA) is 90.0 Å². The lowest BCUT2D eigenvalue weighted by Crippen LogP contribution is -2.52. The lowest BCUT2D eigenvalue weighted by atomic mass is 10.1. The molecule has 0 heterocycles. The Morgan fingerprint density at radius 2 is 1.68 bits per heavy atom. The summed E-state index contributed by atoms with van der Waals surface area (Å²) < 4.78 is 41.3. The minimum atomic E-state index is -4.12. The second-order valence-electron chi connectivity index (χ2n) is 7.58. The number of anilines is 1. The highest BCUT2D eigenvalue weighted by atomic mass is 35.5. The van der Waals surface area contributed by atoms with Crippen molar-refractivity contribution >= 4 is 50.9 Å². The first-order valence-electron chi connectivity index (χ1n) is 10.3. The van der Waals surface area contributed by atoms with E-state index in [4.69, 9.17) is 23.2 Å². The number of halogens is 3. The van der Waals surface area contributed by atoms with E-state index >= 15 is 0 Å². The highest BCUT2D eigenvalue weighted by molar-refractivity contribution is 7.90. The average molecular weight is 533 g/mol. The Balaban J connectivity index is 2.50. The molecule has 0 aliphatic heterocycles. The van der Waals surface area contributed by atoms with E-state index in [-0.39, 0.29) is 23.7 Å². The molecule has 2 aromatic rings. The van der Waals surface area contributed by atoms with Crippen LogP contribution in [0.1, 0.15) is 18.9 Å². The minimum absolute atomic E-state index is 0.0130. The minimum Gasteiger partial charge on any atom is -0.357 e. The number of benzene rings is 2. The first kappa shape index (κ1) is 27.8. The predicted molar refractivity (Wildman–Crippen MR) is 132 cm³/mol. The van der Waals surface area contributed by atoms with E-state index in [0.29, 0.717) is 10.6 Å². The molecular formula is C22H27Cl2FN4O4S. The van der Waals surface area contributed by atoms with Crippen LogP contribution >= 0.6 is 23.2 Å². The quantitative estimate of drug-likeness (QED) is 0.508. The van der Waals surface area contributed by atoms with Gasteiger partial charge in [-0.25, -0.2) is 8.70 Å². The summed E-state index contributed by atoms with van der Waals surface area (Å²) in [6, 6.07) is 8.68. The lowest BCUT2D eigenvalue weighted by Gasteiger charge is -2.33. The van der Waals surface area contributed by atoms with Crippen molar-refractivity contribution in [2.45, 2.75) is 25.9 Å². The molecule has 0 aliphatic carbocycles. The van der Waals surface area contributed by atoms with Gasteiger partial charge < -0.3 is 10.2 Å². The molecule has 1 N–H and O–H groups in total. The zero-order valence-electron chi connectivity index (χ0n) is 19.3. The largest absolute Gasteiger partial charge is 0.357 e. The van der Waals surface area contributed by atoms with E-state index in [1.807, 2.05) is 0 Å². The summed E-state index contributed by atoms with van der Waals surface area (Å²) in [5.41, 5.74) is 0.708. The van der Waals surface area contributed by atoms with Crippen LogP contribution < -0.4 is 9.62 Å². The first-order valence-corrected chi connectivity index (χ1v) is 12.5. The van der Waals surface area contributed by atoms with Crippen molar-refractivity contribution in [1.82, 2.24) is 14.5 Å². The van der Waals surface area contributed by atoms with Gasteiger partial charge in [0, 0.05) is 27.7 Å². The zero-order valence-corrected chi connectivity index (χ0v) is 21.6. The van der Waals surface area contributed by atoms with Crippen molar-refractivity contribution in [3.05, 3.63) is 63.9 Å². The second kappa shape index (κ2) is 11.8. The molecule has 2 aromatic carbocycles. The van der Waals surface area contributed by atoms with Crippen molar-refractivity contribution in [2.24, 2.45) is 0 Å². The first-order chi connectivity index (χ1) is 15.9. The average Bonchev–Trinajstić information content (AvgIpc) is 2.79. The summed E-state index contributed by atoms with van der Waals surface area (Å²) >= 11 is 12.1. The Hall–Kier alpha value is -2.40. The van der Waals surface area contributed by atoms with E-state index in [1.165, 1.54) is 38.2 Å². The van der Waals surface area contributed by atoms with E-state index < -0.39 is 40.4 Å². The number of hydrogen-bond acceptors (Lipinski definition) is 4. The van der Waals surface area contributed by atoms with Crippen molar-refractivity contribution < 1.29 is 22.4 Å². The molecule has 0 saturated carbocycles. The van der Waals surface area contributed by atoms with Gasteiger partial charge in [-0.3, -0.25) is 9.59 Å². The van der Waals surface area contributed by atoms with Gasteiger partial charge in [0.15, 0.2) is 0 Å². The molecule has 2 rings (SSSR count). The van der Waals surface area contributed by atoms with Crippen LogP contribution in [-0.2, 0) is 26.3 Å².